The van der Waals surface area contributed by atoms with Crippen LogP contribution in [0.4, 0.5) is 5.69 Å². The van der Waals surface area contributed by atoms with Gasteiger partial charge in [-0.3, -0.25) is 9.52 Å². The zero-order chi connectivity index (χ0) is 23.8. The summed E-state index contributed by atoms with van der Waals surface area (Å²) in [6, 6.07) is 12.6. The Balaban J connectivity index is 1.63. The molecule has 0 radical (unpaired) electrons. The van der Waals surface area contributed by atoms with E-state index >= 15 is 0 Å². The van der Waals surface area contributed by atoms with Crippen LogP contribution in [0.25, 0.3) is 11.0 Å². The topological polar surface area (TPSA) is 101 Å². The number of carbonyl (C=O) groups is 1. The van der Waals surface area contributed by atoms with Gasteiger partial charge in [0.2, 0.25) is 0 Å². The Morgan fingerprint density at radius 2 is 1.76 bits per heavy atom. The molecule has 170 valence electrons. The van der Waals surface area contributed by atoms with Crippen LogP contribution in [0.15, 0.2) is 53.4 Å². The summed E-state index contributed by atoms with van der Waals surface area (Å²) in [5, 5.41) is 3.71. The standard InChI is InChI=1S/C21H15Cl3N4O3S2/c1-11-5-6-13(21(29)25-10-14-15(23)8-12(22)9-16(14)24)18(7-11)28-33(30,31)19-4-2-3-17-20(19)27-32-26-17/h2-9,28H,10H2,1H3,(H,25,29). The van der Waals surface area contributed by atoms with Crippen molar-refractivity contribution in [3.63, 3.8) is 0 Å². The number of halogens is 3. The Morgan fingerprint density at radius 1 is 1.03 bits per heavy atom. The van der Waals surface area contributed by atoms with Crippen LogP contribution in [-0.4, -0.2) is 23.1 Å². The van der Waals surface area contributed by atoms with E-state index < -0.39 is 15.9 Å². The first-order valence-corrected chi connectivity index (χ1v) is 12.8. The molecule has 0 saturated carbocycles. The van der Waals surface area contributed by atoms with E-state index in [0.717, 1.165) is 17.3 Å². The smallest absolute Gasteiger partial charge is 0.264 e. The van der Waals surface area contributed by atoms with Gasteiger partial charge < -0.3 is 5.32 Å². The van der Waals surface area contributed by atoms with Crippen molar-refractivity contribution >= 4 is 79.2 Å². The lowest BCUT2D eigenvalue weighted by Crippen LogP contribution is -2.25. The summed E-state index contributed by atoms with van der Waals surface area (Å²) in [6.45, 7) is 1.81. The van der Waals surface area contributed by atoms with E-state index in [1.54, 1.807) is 37.3 Å². The molecule has 0 atom stereocenters. The molecule has 12 heteroatoms. The maximum absolute atomic E-state index is 13.1. The van der Waals surface area contributed by atoms with E-state index in [4.69, 9.17) is 34.8 Å². The molecule has 0 unspecified atom stereocenters. The minimum absolute atomic E-state index is 0.0253. The van der Waals surface area contributed by atoms with Gasteiger partial charge in [0.25, 0.3) is 15.9 Å². The molecule has 0 aliphatic carbocycles. The normalized spacial score (nSPS) is 11.5. The Morgan fingerprint density at radius 3 is 2.48 bits per heavy atom. The van der Waals surface area contributed by atoms with Crippen molar-refractivity contribution in [3.05, 3.63) is 80.3 Å². The summed E-state index contributed by atoms with van der Waals surface area (Å²) in [7, 11) is -4.05. The number of rotatable bonds is 6. The second kappa shape index (κ2) is 9.44. The lowest BCUT2D eigenvalue weighted by molar-refractivity contribution is 0.0952. The monoisotopic (exact) mass is 540 g/mol. The lowest BCUT2D eigenvalue weighted by Gasteiger charge is -2.15. The van der Waals surface area contributed by atoms with Gasteiger partial charge in [-0.2, -0.15) is 8.75 Å². The lowest BCUT2D eigenvalue weighted by atomic mass is 10.1. The molecule has 2 N–H and O–H groups in total. The van der Waals surface area contributed by atoms with Gasteiger partial charge in [0.1, 0.15) is 15.9 Å². The molecule has 1 heterocycles. The number of hydrogen-bond acceptors (Lipinski definition) is 6. The number of nitrogens with zero attached hydrogens (tertiary/aromatic N) is 2. The highest BCUT2D eigenvalue weighted by Crippen LogP contribution is 2.30. The Labute approximate surface area is 209 Å². The van der Waals surface area contributed by atoms with E-state index in [1.165, 1.54) is 18.2 Å². The van der Waals surface area contributed by atoms with E-state index in [1.807, 2.05) is 0 Å². The third-order valence-electron chi connectivity index (χ3n) is 4.73. The zero-order valence-electron chi connectivity index (χ0n) is 16.9. The van der Waals surface area contributed by atoms with Crippen LogP contribution in [-0.2, 0) is 16.6 Å². The third-order valence-corrected chi connectivity index (χ3v) is 7.57. The Kier molecular flexibility index (Phi) is 6.78. The molecule has 0 spiro atoms. The molecule has 1 aromatic heterocycles. The number of amides is 1. The van der Waals surface area contributed by atoms with Crippen LogP contribution in [0.5, 0.6) is 0 Å². The number of hydrogen-bond donors (Lipinski definition) is 2. The highest BCUT2D eigenvalue weighted by molar-refractivity contribution is 7.93. The number of benzene rings is 3. The van der Waals surface area contributed by atoms with Gasteiger partial charge in [0.15, 0.2) is 0 Å². The summed E-state index contributed by atoms with van der Waals surface area (Å²) in [4.78, 5) is 12.9. The molecular weight excluding hydrogens is 527 g/mol. The van der Waals surface area contributed by atoms with Crippen LogP contribution in [0.3, 0.4) is 0 Å². The zero-order valence-corrected chi connectivity index (χ0v) is 20.8. The van der Waals surface area contributed by atoms with Crippen LogP contribution < -0.4 is 10.0 Å². The highest BCUT2D eigenvalue weighted by Gasteiger charge is 2.23. The maximum atomic E-state index is 13.1. The molecule has 4 aromatic rings. The quantitative estimate of drug-likeness (QED) is 0.326. The first-order chi connectivity index (χ1) is 15.7. The van der Waals surface area contributed by atoms with Crippen LogP contribution >= 0.6 is 46.5 Å². The molecule has 1 amide bonds. The van der Waals surface area contributed by atoms with E-state index in [2.05, 4.69) is 18.8 Å². The third kappa shape index (κ3) is 5.07. The van der Waals surface area contributed by atoms with Gasteiger partial charge in [0.05, 0.1) is 23.0 Å². The molecule has 33 heavy (non-hydrogen) atoms. The van der Waals surface area contributed by atoms with Gasteiger partial charge in [-0.05, 0) is 48.9 Å². The summed E-state index contributed by atoms with van der Waals surface area (Å²) < 4.78 is 37.0. The number of fused-ring (bicyclic) bond motifs is 1. The van der Waals surface area contributed by atoms with Crippen molar-refractivity contribution in [2.24, 2.45) is 0 Å². The number of carbonyl (C=O) groups excluding carboxylic acids is 1. The molecule has 0 fully saturated rings. The average Bonchev–Trinajstić information content (AvgIpc) is 3.21. The predicted molar refractivity (Wildman–Crippen MR) is 132 cm³/mol. The fourth-order valence-corrected chi connectivity index (χ4v) is 5.93. The SMILES string of the molecule is Cc1ccc(C(=O)NCc2c(Cl)cc(Cl)cc2Cl)c(NS(=O)(=O)c2cccc3nsnc23)c1. The maximum Gasteiger partial charge on any atom is 0.264 e. The Hall–Kier alpha value is -2.43. The minimum atomic E-state index is -4.05. The number of aromatic nitrogens is 2. The van der Waals surface area contributed by atoms with Crippen molar-refractivity contribution in [1.29, 1.82) is 0 Å². The first-order valence-electron chi connectivity index (χ1n) is 9.42. The van der Waals surface area contributed by atoms with Gasteiger partial charge in [-0.15, -0.1) is 0 Å². The van der Waals surface area contributed by atoms with Crippen molar-refractivity contribution in [2.75, 3.05) is 4.72 Å². The van der Waals surface area contributed by atoms with E-state index in [-0.39, 0.29) is 28.2 Å². The fraction of sp³-hybridized carbons (Fsp3) is 0.0952. The molecule has 0 bridgehead atoms. The van der Waals surface area contributed by atoms with Gasteiger partial charge in [-0.25, -0.2) is 8.42 Å². The van der Waals surface area contributed by atoms with Crippen molar-refractivity contribution in [2.45, 2.75) is 18.4 Å². The van der Waals surface area contributed by atoms with Crippen molar-refractivity contribution in [1.82, 2.24) is 14.1 Å². The molecule has 7 nitrogen and oxygen atoms in total. The van der Waals surface area contributed by atoms with Gasteiger partial charge in [0, 0.05) is 27.2 Å². The highest BCUT2D eigenvalue weighted by atomic mass is 35.5. The molecule has 0 saturated heterocycles. The summed E-state index contributed by atoms with van der Waals surface area (Å²) >= 11 is 19.2. The number of aryl methyl sites for hydroxylation is 1. The molecule has 4 rings (SSSR count). The first kappa shape index (κ1) is 23.7. The van der Waals surface area contributed by atoms with Crippen molar-refractivity contribution < 1.29 is 13.2 Å². The molecule has 3 aromatic carbocycles. The Bertz CT molecular complexity index is 1470. The average molecular weight is 542 g/mol. The van der Waals surface area contributed by atoms with Gasteiger partial charge in [-0.1, -0.05) is 46.9 Å². The minimum Gasteiger partial charge on any atom is -0.348 e. The number of anilines is 1. The molecular formula is C21H15Cl3N4O3S2. The molecule has 0 aliphatic heterocycles. The van der Waals surface area contributed by atoms with Gasteiger partial charge >= 0.3 is 0 Å². The van der Waals surface area contributed by atoms with Crippen LogP contribution in [0.2, 0.25) is 15.1 Å². The second-order valence-electron chi connectivity index (χ2n) is 7.07. The predicted octanol–water partition coefficient (Wildman–Crippen LogP) is 5.69. The molecule has 0 aliphatic rings. The van der Waals surface area contributed by atoms with Crippen molar-refractivity contribution in [3.8, 4) is 0 Å². The van der Waals surface area contributed by atoms with E-state index in [0.29, 0.717) is 26.1 Å². The van der Waals surface area contributed by atoms with Crippen LogP contribution in [0, 0.1) is 6.92 Å². The van der Waals surface area contributed by atoms with Crippen LogP contribution in [0.1, 0.15) is 21.5 Å². The fourth-order valence-electron chi connectivity index (χ4n) is 3.14. The largest absolute Gasteiger partial charge is 0.348 e. The van der Waals surface area contributed by atoms with E-state index in [9.17, 15) is 13.2 Å². The number of nitrogens with one attached hydrogen (secondary N) is 2. The summed E-state index contributed by atoms with van der Waals surface area (Å²) in [6.07, 6.45) is 0. The summed E-state index contributed by atoms with van der Waals surface area (Å²) in [5.41, 5.74) is 2.26. The number of sulfonamides is 1. The summed E-state index contributed by atoms with van der Waals surface area (Å²) in [5.74, 6) is -0.511. The second-order valence-corrected chi connectivity index (χ2v) is 10.5.